The van der Waals surface area contributed by atoms with E-state index in [4.69, 9.17) is 9.47 Å². The fourth-order valence-electron chi connectivity index (χ4n) is 6.12. The number of sulfone groups is 1. The van der Waals surface area contributed by atoms with Gasteiger partial charge in [0.05, 0.1) is 58.8 Å². The molecule has 1 aromatic heterocycles. The number of aryl methyl sites for hydroxylation is 1. The van der Waals surface area contributed by atoms with Gasteiger partial charge >= 0.3 is 0 Å². The van der Waals surface area contributed by atoms with Crippen molar-refractivity contribution in [1.29, 1.82) is 0 Å². The first kappa shape index (κ1) is 31.9. The maximum absolute atomic E-state index is 13.7. The molecule has 232 valence electrons. The van der Waals surface area contributed by atoms with E-state index >= 15 is 0 Å². The van der Waals surface area contributed by atoms with Crippen LogP contribution in [-0.2, 0) is 21.1 Å². The molecule has 0 radical (unpaired) electrons. The third-order valence-electron chi connectivity index (χ3n) is 8.69. The molecule has 2 fully saturated rings. The van der Waals surface area contributed by atoms with Crippen LogP contribution in [0.15, 0.2) is 47.4 Å². The van der Waals surface area contributed by atoms with Crippen LogP contribution in [-0.4, -0.2) is 79.9 Å². The number of alkyl halides is 2. The molecular weight excluding hydrogens is 682 g/mol. The minimum absolute atomic E-state index is 0.0680. The van der Waals surface area contributed by atoms with Gasteiger partial charge in [0, 0.05) is 42.0 Å². The summed E-state index contributed by atoms with van der Waals surface area (Å²) in [7, 11) is -1.85. The van der Waals surface area contributed by atoms with E-state index < -0.39 is 16.5 Å². The lowest BCUT2D eigenvalue weighted by Gasteiger charge is -2.49. The summed E-state index contributed by atoms with van der Waals surface area (Å²) in [6.45, 7) is 6.06. The Morgan fingerprint density at radius 2 is 1.84 bits per heavy atom. The van der Waals surface area contributed by atoms with Crippen LogP contribution in [0.1, 0.15) is 38.3 Å². The highest BCUT2D eigenvalue weighted by molar-refractivity contribution is 14.1. The van der Waals surface area contributed by atoms with Crippen LogP contribution < -0.4 is 15.4 Å². The van der Waals surface area contributed by atoms with Crippen molar-refractivity contribution in [2.45, 2.75) is 53.1 Å². The first-order valence-corrected chi connectivity index (χ1v) is 17.6. The van der Waals surface area contributed by atoms with E-state index in [0.717, 1.165) is 80.5 Å². The molecule has 5 rings (SSSR count). The standard InChI is InChI=1S/C32H40FIN4O4S/c1-31(37-18-20-42-21-19-37)11-13-32(34,14-12-31)36-27-7-4-8-29-26(27)22-24(38(29)17-15-33)6-5-16-35-28-10-9-25(43(3,39)40)23-30(28)41-2/h4,7-10,22-23,35-36H,11-21H2,1-3H3/t31-,32+. The van der Waals surface area contributed by atoms with Crippen molar-refractivity contribution >= 4 is 54.7 Å². The van der Waals surface area contributed by atoms with Gasteiger partial charge in [0.1, 0.15) is 12.4 Å². The van der Waals surface area contributed by atoms with Gasteiger partial charge < -0.3 is 24.7 Å². The second kappa shape index (κ2) is 13.2. The van der Waals surface area contributed by atoms with Gasteiger partial charge in [0.25, 0.3) is 0 Å². The van der Waals surface area contributed by atoms with Crippen LogP contribution in [0.5, 0.6) is 5.75 Å². The summed E-state index contributed by atoms with van der Waals surface area (Å²) in [5.74, 6) is 6.78. The van der Waals surface area contributed by atoms with Crippen LogP contribution in [0, 0.1) is 11.8 Å². The van der Waals surface area contributed by atoms with E-state index in [0.29, 0.717) is 18.0 Å². The third-order valence-corrected chi connectivity index (χ3v) is 11.2. The fraction of sp³-hybridized carbons (Fsp3) is 0.500. The Kier molecular flexibility index (Phi) is 9.80. The number of fused-ring (bicyclic) bond motifs is 1. The fourth-order valence-corrected chi connectivity index (χ4v) is 7.58. The monoisotopic (exact) mass is 722 g/mol. The molecule has 1 saturated carbocycles. The molecular formula is C32H40FIN4O4S. The van der Waals surface area contributed by atoms with Gasteiger partial charge in [-0.25, -0.2) is 12.8 Å². The molecule has 0 bridgehead atoms. The number of hydrogen-bond acceptors (Lipinski definition) is 7. The molecule has 8 nitrogen and oxygen atoms in total. The van der Waals surface area contributed by atoms with E-state index in [1.54, 1.807) is 6.07 Å². The summed E-state index contributed by atoms with van der Waals surface area (Å²) in [5.41, 5.74) is 3.58. The predicted molar refractivity (Wildman–Crippen MR) is 179 cm³/mol. The van der Waals surface area contributed by atoms with Crippen LogP contribution in [0.2, 0.25) is 0 Å². The molecule has 0 atom stereocenters. The lowest BCUT2D eigenvalue weighted by Crippen LogP contribution is -2.55. The number of nitrogens with one attached hydrogen (secondary N) is 2. The number of nitrogens with zero attached hydrogens (tertiary/aromatic N) is 2. The number of benzene rings is 2. The Balaban J connectivity index is 1.32. The van der Waals surface area contributed by atoms with E-state index in [2.05, 4.69) is 63.0 Å². The molecule has 2 heterocycles. The zero-order valence-corrected chi connectivity index (χ0v) is 28.0. The molecule has 0 spiro atoms. The van der Waals surface area contributed by atoms with Crippen molar-refractivity contribution in [3.8, 4) is 17.6 Å². The molecule has 2 aliphatic rings. The first-order chi connectivity index (χ1) is 20.5. The number of anilines is 2. The summed E-state index contributed by atoms with van der Waals surface area (Å²) < 4.78 is 50.3. The highest BCUT2D eigenvalue weighted by atomic mass is 127. The summed E-state index contributed by atoms with van der Waals surface area (Å²) in [5, 5.41) is 8.09. The minimum atomic E-state index is -3.34. The summed E-state index contributed by atoms with van der Waals surface area (Å²) in [6, 6.07) is 12.9. The number of rotatable bonds is 9. The molecule has 2 N–H and O–H groups in total. The van der Waals surface area contributed by atoms with Crippen molar-refractivity contribution in [3.05, 3.63) is 48.2 Å². The second-order valence-corrected chi connectivity index (χ2v) is 15.7. The quantitative estimate of drug-likeness (QED) is 0.127. The molecule has 2 aromatic carbocycles. The summed E-state index contributed by atoms with van der Waals surface area (Å²) in [6.07, 6.45) is 5.50. The third kappa shape index (κ3) is 7.24. The van der Waals surface area contributed by atoms with Gasteiger partial charge in [0.15, 0.2) is 9.84 Å². The Morgan fingerprint density at radius 1 is 1.09 bits per heavy atom. The normalized spacial score (nSPS) is 23.0. The smallest absolute Gasteiger partial charge is 0.175 e. The summed E-state index contributed by atoms with van der Waals surface area (Å²) in [4.78, 5) is 2.79. The van der Waals surface area contributed by atoms with E-state index in [-0.39, 0.29) is 20.5 Å². The average Bonchev–Trinajstić information content (AvgIpc) is 3.35. The maximum Gasteiger partial charge on any atom is 0.175 e. The average molecular weight is 723 g/mol. The molecule has 3 aromatic rings. The molecule has 0 amide bonds. The topological polar surface area (TPSA) is 84.8 Å². The van der Waals surface area contributed by atoms with Crippen molar-refractivity contribution in [3.63, 3.8) is 0 Å². The number of hydrogen-bond donors (Lipinski definition) is 2. The van der Waals surface area contributed by atoms with Crippen molar-refractivity contribution < 1.29 is 22.3 Å². The number of methoxy groups -OCH3 is 1. The Bertz CT molecular complexity index is 1620. The highest BCUT2D eigenvalue weighted by Crippen LogP contribution is 2.45. The maximum atomic E-state index is 13.7. The van der Waals surface area contributed by atoms with E-state index in [1.807, 2.05) is 22.8 Å². The van der Waals surface area contributed by atoms with Crippen molar-refractivity contribution in [2.24, 2.45) is 0 Å². The number of morpholine rings is 1. The SMILES string of the molecule is COc1cc(S(C)(=O)=O)ccc1NCC#Cc1cc2c(N[C@]3(I)CC[C@](C)(N4CCOCC4)CC3)cccc2n1CCF. The zero-order valence-electron chi connectivity index (χ0n) is 25.0. The molecule has 1 aliphatic carbocycles. The molecule has 43 heavy (non-hydrogen) atoms. The highest BCUT2D eigenvalue weighted by Gasteiger charge is 2.42. The zero-order chi connectivity index (χ0) is 30.7. The van der Waals surface area contributed by atoms with Crippen molar-refractivity contribution in [1.82, 2.24) is 9.47 Å². The number of ether oxygens (including phenoxy) is 2. The molecule has 1 saturated heterocycles. The molecule has 1 aliphatic heterocycles. The second-order valence-electron chi connectivity index (χ2n) is 11.6. The van der Waals surface area contributed by atoms with Crippen LogP contribution in [0.25, 0.3) is 10.9 Å². The predicted octanol–water partition coefficient (Wildman–Crippen LogP) is 5.69. The minimum Gasteiger partial charge on any atom is -0.495 e. The van der Waals surface area contributed by atoms with Crippen LogP contribution in [0.3, 0.4) is 0 Å². The van der Waals surface area contributed by atoms with Gasteiger partial charge in [-0.3, -0.25) is 4.90 Å². The first-order valence-electron chi connectivity index (χ1n) is 14.6. The van der Waals surface area contributed by atoms with E-state index in [9.17, 15) is 12.8 Å². The molecule has 0 unspecified atom stereocenters. The van der Waals surface area contributed by atoms with Crippen LogP contribution >= 0.6 is 22.6 Å². The number of aromatic nitrogens is 1. The van der Waals surface area contributed by atoms with Gasteiger partial charge in [-0.1, -0.05) is 34.6 Å². The van der Waals surface area contributed by atoms with Crippen LogP contribution in [0.4, 0.5) is 15.8 Å². The Labute approximate surface area is 267 Å². The number of halogens is 2. The Morgan fingerprint density at radius 3 is 2.51 bits per heavy atom. The lowest BCUT2D eigenvalue weighted by atomic mass is 9.79. The van der Waals surface area contributed by atoms with Gasteiger partial charge in [-0.2, -0.15) is 0 Å². The van der Waals surface area contributed by atoms with E-state index in [1.165, 1.54) is 19.2 Å². The Hall–Kier alpha value is -2.53. The van der Waals surface area contributed by atoms with Crippen molar-refractivity contribution in [2.75, 3.05) is 63.5 Å². The van der Waals surface area contributed by atoms with Gasteiger partial charge in [-0.15, -0.1) is 0 Å². The lowest BCUT2D eigenvalue weighted by molar-refractivity contribution is -0.0311. The van der Waals surface area contributed by atoms with Gasteiger partial charge in [-0.05, 0) is 68.9 Å². The largest absolute Gasteiger partial charge is 0.495 e. The molecule has 11 heteroatoms. The summed E-state index contributed by atoms with van der Waals surface area (Å²) >= 11 is 2.59. The van der Waals surface area contributed by atoms with Gasteiger partial charge in [0.2, 0.25) is 0 Å².